The molecular weight excluding hydrogens is 435 g/mol. The number of carbonyl (C=O) groups is 2. The van der Waals surface area contributed by atoms with Gasteiger partial charge in [0.05, 0.1) is 18.2 Å². The van der Waals surface area contributed by atoms with Gasteiger partial charge in [-0.3, -0.25) is 4.79 Å². The molecule has 7 nitrogen and oxygen atoms in total. The normalized spacial score (nSPS) is 13.2. The highest BCUT2D eigenvalue weighted by Crippen LogP contribution is 2.38. The molecule has 0 radical (unpaired) electrons. The van der Waals surface area contributed by atoms with Crippen molar-refractivity contribution in [2.45, 2.75) is 45.6 Å². The van der Waals surface area contributed by atoms with Gasteiger partial charge in [0, 0.05) is 4.88 Å². The average molecular weight is 459 g/mol. The first-order valence-electron chi connectivity index (χ1n) is 10.4. The second-order valence-electron chi connectivity index (χ2n) is 7.52. The number of methoxy groups -OCH3 is 1. The molecule has 2 aromatic heterocycles. The molecule has 0 fully saturated rings. The predicted octanol–water partition coefficient (Wildman–Crippen LogP) is 5.07. The third-order valence-electron chi connectivity index (χ3n) is 5.43. The Kier molecular flexibility index (Phi) is 6.55. The van der Waals surface area contributed by atoms with Crippen molar-refractivity contribution < 1.29 is 28.0 Å². The quantitative estimate of drug-likeness (QED) is 0.410. The van der Waals surface area contributed by atoms with Crippen molar-refractivity contribution in [1.82, 2.24) is 5.16 Å². The molecule has 0 unspecified atom stereocenters. The van der Waals surface area contributed by atoms with Crippen LogP contribution in [0.15, 0.2) is 28.8 Å². The van der Waals surface area contributed by atoms with Crippen LogP contribution < -0.4 is 10.1 Å². The maximum Gasteiger partial charge on any atom is 0.341 e. The summed E-state index contributed by atoms with van der Waals surface area (Å²) in [4.78, 5) is 26.7. The third-order valence-corrected chi connectivity index (χ3v) is 6.64. The van der Waals surface area contributed by atoms with Crippen LogP contribution in [0.5, 0.6) is 5.75 Å². The summed E-state index contributed by atoms with van der Waals surface area (Å²) in [6.07, 6.45) is 4.81. The molecule has 3 aromatic rings. The van der Waals surface area contributed by atoms with Crippen molar-refractivity contribution in [3.8, 4) is 5.75 Å². The van der Waals surface area contributed by atoms with Crippen molar-refractivity contribution in [3.63, 3.8) is 0 Å². The molecule has 9 heteroatoms. The van der Waals surface area contributed by atoms with Gasteiger partial charge in [-0.05, 0) is 62.4 Å². The maximum absolute atomic E-state index is 13.1. The highest BCUT2D eigenvalue weighted by atomic mass is 32.1. The molecule has 0 atom stereocenters. The number of nitrogens with zero attached hydrogens (tertiary/aromatic N) is 1. The Hall–Kier alpha value is -3.20. The van der Waals surface area contributed by atoms with Crippen molar-refractivity contribution in [3.05, 3.63) is 63.1 Å². The summed E-state index contributed by atoms with van der Waals surface area (Å²) in [6, 6.07) is 5.58. The van der Waals surface area contributed by atoms with Gasteiger partial charge in [0.2, 0.25) is 0 Å². The highest BCUT2D eigenvalue weighted by molar-refractivity contribution is 7.17. The number of anilines is 1. The minimum atomic E-state index is -0.499. The second-order valence-corrected chi connectivity index (χ2v) is 8.63. The van der Waals surface area contributed by atoms with Crippen LogP contribution in [0.2, 0.25) is 0 Å². The topological polar surface area (TPSA) is 90.7 Å². The maximum atomic E-state index is 13.1. The number of benzene rings is 1. The number of ether oxygens (including phenoxy) is 2. The second kappa shape index (κ2) is 9.52. The molecule has 1 aromatic carbocycles. The van der Waals surface area contributed by atoms with Crippen molar-refractivity contribution in [2.75, 3.05) is 12.4 Å². The molecule has 0 spiro atoms. The fourth-order valence-corrected chi connectivity index (χ4v) is 5.01. The molecular formula is C23H23FN2O5S. The van der Waals surface area contributed by atoms with Gasteiger partial charge in [-0.15, -0.1) is 11.3 Å². The number of hydrogen-bond donors (Lipinski definition) is 1. The van der Waals surface area contributed by atoms with Crippen molar-refractivity contribution in [1.29, 1.82) is 0 Å². The summed E-state index contributed by atoms with van der Waals surface area (Å²) >= 11 is 1.41. The van der Waals surface area contributed by atoms with E-state index in [1.807, 2.05) is 0 Å². The SMILES string of the molecule is COC(=O)c1c(NC(=O)c2noc(C)c2COc2ccc(F)cc2)sc2c1CCCCC2. The minimum Gasteiger partial charge on any atom is -0.489 e. The van der Waals surface area contributed by atoms with E-state index in [0.29, 0.717) is 27.6 Å². The van der Waals surface area contributed by atoms with E-state index in [9.17, 15) is 14.0 Å². The Morgan fingerprint density at radius 3 is 2.69 bits per heavy atom. The Morgan fingerprint density at radius 2 is 1.94 bits per heavy atom. The minimum absolute atomic E-state index is 0.0223. The fraction of sp³-hybridized carbons (Fsp3) is 0.348. The first kappa shape index (κ1) is 22.0. The molecule has 0 aliphatic heterocycles. The predicted molar refractivity (Wildman–Crippen MR) is 117 cm³/mol. The van der Waals surface area contributed by atoms with Crippen LogP contribution in [0.1, 0.15) is 61.9 Å². The molecule has 0 saturated heterocycles. The number of rotatable bonds is 6. The van der Waals surface area contributed by atoms with E-state index < -0.39 is 11.9 Å². The summed E-state index contributed by atoms with van der Waals surface area (Å²) in [6.45, 7) is 1.70. The molecule has 1 aliphatic carbocycles. The van der Waals surface area contributed by atoms with Gasteiger partial charge in [0.1, 0.15) is 28.9 Å². The Balaban J connectivity index is 1.57. The Labute approximate surface area is 188 Å². The lowest BCUT2D eigenvalue weighted by Crippen LogP contribution is -2.17. The zero-order valence-corrected chi connectivity index (χ0v) is 18.6. The van der Waals surface area contributed by atoms with Gasteiger partial charge in [0.15, 0.2) is 5.69 Å². The average Bonchev–Trinajstić information content (AvgIpc) is 3.23. The van der Waals surface area contributed by atoms with E-state index in [1.54, 1.807) is 6.92 Å². The summed E-state index contributed by atoms with van der Waals surface area (Å²) in [5, 5.41) is 7.18. The summed E-state index contributed by atoms with van der Waals surface area (Å²) in [5.41, 5.74) is 1.94. The number of aromatic nitrogens is 1. The van der Waals surface area contributed by atoms with Gasteiger partial charge < -0.3 is 19.3 Å². The van der Waals surface area contributed by atoms with Crippen molar-refractivity contribution in [2.24, 2.45) is 0 Å². The van der Waals surface area contributed by atoms with E-state index >= 15 is 0 Å². The van der Waals surface area contributed by atoms with Gasteiger partial charge in [-0.25, -0.2) is 9.18 Å². The van der Waals surface area contributed by atoms with Crippen LogP contribution in [0.3, 0.4) is 0 Å². The molecule has 1 amide bonds. The van der Waals surface area contributed by atoms with Gasteiger partial charge in [0.25, 0.3) is 5.91 Å². The van der Waals surface area contributed by atoms with E-state index in [2.05, 4.69) is 10.5 Å². The first-order chi connectivity index (χ1) is 15.5. The van der Waals surface area contributed by atoms with Crippen LogP contribution in [-0.2, 0) is 24.2 Å². The fourth-order valence-electron chi connectivity index (χ4n) is 3.74. The lowest BCUT2D eigenvalue weighted by atomic mass is 10.1. The Bertz CT molecular complexity index is 1140. The molecule has 32 heavy (non-hydrogen) atoms. The first-order valence-corrected chi connectivity index (χ1v) is 11.2. The van der Waals surface area contributed by atoms with E-state index in [0.717, 1.165) is 42.5 Å². The lowest BCUT2D eigenvalue weighted by molar-refractivity contribution is 0.0601. The number of esters is 1. The van der Waals surface area contributed by atoms with E-state index in [1.165, 1.54) is 42.7 Å². The lowest BCUT2D eigenvalue weighted by Gasteiger charge is -2.08. The van der Waals surface area contributed by atoms with Gasteiger partial charge in [-0.1, -0.05) is 11.6 Å². The molecule has 1 aliphatic rings. The summed E-state index contributed by atoms with van der Waals surface area (Å²) in [7, 11) is 1.33. The Morgan fingerprint density at radius 1 is 1.19 bits per heavy atom. The summed E-state index contributed by atoms with van der Waals surface area (Å²) < 4.78 is 29.0. The van der Waals surface area contributed by atoms with Crippen LogP contribution in [0.4, 0.5) is 9.39 Å². The number of thiophene rings is 1. The van der Waals surface area contributed by atoms with Gasteiger partial charge in [-0.2, -0.15) is 0 Å². The third kappa shape index (κ3) is 4.52. The number of carbonyl (C=O) groups excluding carboxylic acids is 2. The number of hydrogen-bond acceptors (Lipinski definition) is 7. The van der Waals surface area contributed by atoms with Gasteiger partial charge >= 0.3 is 5.97 Å². The molecule has 1 N–H and O–H groups in total. The van der Waals surface area contributed by atoms with Crippen LogP contribution in [-0.4, -0.2) is 24.1 Å². The number of aryl methyl sites for hydroxylation is 2. The van der Waals surface area contributed by atoms with Crippen LogP contribution >= 0.6 is 11.3 Å². The zero-order valence-electron chi connectivity index (χ0n) is 17.8. The van der Waals surface area contributed by atoms with Crippen molar-refractivity contribution >= 4 is 28.2 Å². The number of halogens is 1. The van der Waals surface area contributed by atoms with E-state index in [4.69, 9.17) is 14.0 Å². The molecule has 2 heterocycles. The largest absolute Gasteiger partial charge is 0.489 e. The van der Waals surface area contributed by atoms with Crippen LogP contribution in [0.25, 0.3) is 0 Å². The standard InChI is InChI=1S/C23H23FN2O5S/c1-13-17(12-30-15-10-8-14(24)9-11-15)20(26-31-13)21(27)25-22-19(23(28)29-2)16-6-4-3-5-7-18(16)32-22/h8-11H,3-7,12H2,1-2H3,(H,25,27). The smallest absolute Gasteiger partial charge is 0.341 e. The molecule has 4 rings (SSSR count). The number of amides is 1. The number of nitrogens with one attached hydrogen (secondary N) is 1. The molecule has 168 valence electrons. The molecule has 0 saturated carbocycles. The highest BCUT2D eigenvalue weighted by Gasteiger charge is 2.28. The monoisotopic (exact) mass is 458 g/mol. The number of fused-ring (bicyclic) bond motifs is 1. The van der Waals surface area contributed by atoms with Crippen LogP contribution in [0, 0.1) is 12.7 Å². The van der Waals surface area contributed by atoms with E-state index in [-0.39, 0.29) is 18.1 Å². The zero-order chi connectivity index (χ0) is 22.7. The summed E-state index contributed by atoms with van der Waals surface area (Å²) in [5.74, 6) is -0.438. The molecule has 0 bridgehead atoms.